The third kappa shape index (κ3) is 5.58. The second kappa shape index (κ2) is 11.5. The quantitative estimate of drug-likeness (QED) is 0.232. The molecule has 0 aliphatic carbocycles. The van der Waals surface area contributed by atoms with Gasteiger partial charge in [0.2, 0.25) is 0 Å². The van der Waals surface area contributed by atoms with Gasteiger partial charge in [0.25, 0.3) is 11.7 Å². The number of aliphatic hydroxyl groups is 1. The molecule has 1 saturated heterocycles. The molecule has 1 heterocycles. The minimum absolute atomic E-state index is 0.0417. The number of Topliss-reactive ketones (excluding diaryl/α,β-unsaturated/α-hetero) is 1. The van der Waals surface area contributed by atoms with Crippen molar-refractivity contribution in [3.8, 4) is 17.2 Å². The summed E-state index contributed by atoms with van der Waals surface area (Å²) >= 11 is 0. The van der Waals surface area contributed by atoms with E-state index >= 15 is 0 Å². The van der Waals surface area contributed by atoms with Crippen LogP contribution in [-0.2, 0) is 9.59 Å². The molecule has 1 unspecified atom stereocenters. The maximum absolute atomic E-state index is 13.5. The number of methoxy groups -OCH3 is 1. The Labute approximate surface area is 223 Å². The van der Waals surface area contributed by atoms with E-state index in [9.17, 15) is 14.7 Å². The summed E-state index contributed by atoms with van der Waals surface area (Å²) in [6.45, 7) is 4.89. The number of carbonyl (C=O) groups is 2. The zero-order valence-corrected chi connectivity index (χ0v) is 22.5. The van der Waals surface area contributed by atoms with Crippen molar-refractivity contribution in [2.45, 2.75) is 26.3 Å². The summed E-state index contributed by atoms with van der Waals surface area (Å²) in [6, 6.07) is 19.6. The van der Waals surface area contributed by atoms with Crippen LogP contribution in [0.3, 0.4) is 0 Å². The molecule has 1 atom stereocenters. The first-order valence-electron chi connectivity index (χ1n) is 12.6. The molecule has 0 aromatic heterocycles. The standard InChI is InChI=1S/C31H34N2O5/c1-20-17-21(2)30(37-5)25(18-20)28(34)26-27(33(31(36)29(26)35)16-10-15-32(3)4)22-11-9-14-24(19-22)38-23-12-7-6-8-13-23/h6-9,11-14,17-19,27,34H,10,15-16H2,1-5H3/b28-26+. The number of rotatable bonds is 9. The van der Waals surface area contributed by atoms with Gasteiger partial charge in [0.05, 0.1) is 24.3 Å². The summed E-state index contributed by atoms with van der Waals surface area (Å²) in [7, 11) is 5.45. The van der Waals surface area contributed by atoms with E-state index in [-0.39, 0.29) is 11.3 Å². The van der Waals surface area contributed by atoms with Crippen molar-refractivity contribution in [3.05, 3.63) is 94.6 Å². The molecule has 1 N–H and O–H groups in total. The fourth-order valence-corrected chi connectivity index (χ4v) is 4.93. The van der Waals surface area contributed by atoms with Crippen LogP contribution in [0, 0.1) is 13.8 Å². The van der Waals surface area contributed by atoms with E-state index in [0.717, 1.165) is 17.7 Å². The maximum Gasteiger partial charge on any atom is 0.295 e. The van der Waals surface area contributed by atoms with Crippen molar-refractivity contribution in [3.63, 3.8) is 0 Å². The fourth-order valence-electron chi connectivity index (χ4n) is 4.93. The Bertz CT molecular complexity index is 1360. The van der Waals surface area contributed by atoms with Gasteiger partial charge in [-0.25, -0.2) is 0 Å². The predicted octanol–water partition coefficient (Wildman–Crippen LogP) is 5.48. The Morgan fingerprint density at radius 3 is 2.37 bits per heavy atom. The molecule has 1 aliphatic heterocycles. The monoisotopic (exact) mass is 514 g/mol. The lowest BCUT2D eigenvalue weighted by molar-refractivity contribution is -0.139. The number of amides is 1. The smallest absolute Gasteiger partial charge is 0.295 e. The average molecular weight is 515 g/mol. The summed E-state index contributed by atoms with van der Waals surface area (Å²) in [5, 5.41) is 11.6. The second-order valence-electron chi connectivity index (χ2n) is 9.80. The number of ketones is 1. The molecule has 3 aromatic carbocycles. The minimum atomic E-state index is -0.776. The molecule has 7 nitrogen and oxygen atoms in total. The van der Waals surface area contributed by atoms with Gasteiger partial charge in [-0.15, -0.1) is 0 Å². The van der Waals surface area contributed by atoms with Gasteiger partial charge in [0, 0.05) is 6.54 Å². The van der Waals surface area contributed by atoms with Gasteiger partial charge in [-0.2, -0.15) is 0 Å². The molecule has 3 aromatic rings. The molecule has 0 radical (unpaired) electrons. The summed E-state index contributed by atoms with van der Waals surface area (Å²) in [5.41, 5.74) is 2.83. The van der Waals surface area contributed by atoms with Crippen molar-refractivity contribution in [2.24, 2.45) is 0 Å². The number of nitrogens with zero attached hydrogens (tertiary/aromatic N) is 2. The van der Waals surface area contributed by atoms with Crippen LogP contribution < -0.4 is 9.47 Å². The first-order chi connectivity index (χ1) is 18.2. The van der Waals surface area contributed by atoms with E-state index in [0.29, 0.717) is 41.3 Å². The number of aliphatic hydroxyl groups excluding tert-OH is 1. The summed E-state index contributed by atoms with van der Waals surface area (Å²) < 4.78 is 11.6. The normalized spacial score (nSPS) is 16.8. The van der Waals surface area contributed by atoms with E-state index in [4.69, 9.17) is 9.47 Å². The Kier molecular flexibility index (Phi) is 8.17. The zero-order valence-electron chi connectivity index (χ0n) is 22.5. The fraction of sp³-hybridized carbons (Fsp3) is 0.290. The van der Waals surface area contributed by atoms with Gasteiger partial charge in [-0.3, -0.25) is 9.59 Å². The Hall–Kier alpha value is -4.10. The summed E-state index contributed by atoms with van der Waals surface area (Å²) in [6.07, 6.45) is 0.670. The van der Waals surface area contributed by atoms with Crippen molar-refractivity contribution in [2.75, 3.05) is 34.3 Å². The Balaban J connectivity index is 1.85. The lowest BCUT2D eigenvalue weighted by atomic mass is 9.93. The number of benzene rings is 3. The topological polar surface area (TPSA) is 79.3 Å². The first kappa shape index (κ1) is 26.9. The SMILES string of the molecule is COc1c(C)cc(C)cc1/C(O)=C1\C(=O)C(=O)N(CCCN(C)C)C1c1cccc(Oc2ccccc2)c1. The van der Waals surface area contributed by atoms with Crippen LogP contribution in [0.5, 0.6) is 17.2 Å². The van der Waals surface area contributed by atoms with Gasteiger partial charge >= 0.3 is 0 Å². The van der Waals surface area contributed by atoms with E-state index in [1.807, 2.05) is 93.5 Å². The van der Waals surface area contributed by atoms with Gasteiger partial charge in [-0.1, -0.05) is 36.4 Å². The van der Waals surface area contributed by atoms with Crippen molar-refractivity contribution in [1.82, 2.24) is 9.80 Å². The third-order valence-corrected chi connectivity index (χ3v) is 6.58. The number of carbonyl (C=O) groups excluding carboxylic acids is 2. The maximum atomic E-state index is 13.5. The van der Waals surface area contributed by atoms with Crippen LogP contribution in [0.1, 0.15) is 34.7 Å². The molecule has 38 heavy (non-hydrogen) atoms. The van der Waals surface area contributed by atoms with Crippen LogP contribution in [0.25, 0.3) is 5.76 Å². The molecule has 0 saturated carbocycles. The van der Waals surface area contributed by atoms with Gasteiger partial charge < -0.3 is 24.4 Å². The summed E-state index contributed by atoms with van der Waals surface area (Å²) in [4.78, 5) is 30.4. The number of aryl methyl sites for hydroxylation is 2. The lowest BCUT2D eigenvalue weighted by Gasteiger charge is -2.26. The van der Waals surface area contributed by atoms with Crippen molar-refractivity contribution in [1.29, 1.82) is 0 Å². The molecule has 1 amide bonds. The molecule has 198 valence electrons. The van der Waals surface area contributed by atoms with Crippen molar-refractivity contribution >= 4 is 17.4 Å². The number of hydrogen-bond donors (Lipinski definition) is 1. The van der Waals surface area contributed by atoms with E-state index < -0.39 is 17.7 Å². The van der Waals surface area contributed by atoms with E-state index in [2.05, 4.69) is 0 Å². The number of hydrogen-bond acceptors (Lipinski definition) is 6. The van der Waals surface area contributed by atoms with Crippen LogP contribution in [0.15, 0.2) is 72.3 Å². The highest BCUT2D eigenvalue weighted by molar-refractivity contribution is 6.46. The Morgan fingerprint density at radius 1 is 0.974 bits per heavy atom. The van der Waals surface area contributed by atoms with Crippen molar-refractivity contribution < 1.29 is 24.2 Å². The van der Waals surface area contributed by atoms with Crippen LogP contribution in [0.2, 0.25) is 0 Å². The Morgan fingerprint density at radius 2 is 1.68 bits per heavy atom. The lowest BCUT2D eigenvalue weighted by Crippen LogP contribution is -2.32. The molecule has 4 rings (SSSR count). The molecule has 1 aliphatic rings. The molecule has 7 heteroatoms. The predicted molar refractivity (Wildman–Crippen MR) is 148 cm³/mol. The average Bonchev–Trinajstić information content (AvgIpc) is 3.13. The minimum Gasteiger partial charge on any atom is -0.507 e. The molecule has 0 bridgehead atoms. The van der Waals surface area contributed by atoms with Crippen LogP contribution >= 0.6 is 0 Å². The molecule has 0 spiro atoms. The van der Waals surface area contributed by atoms with Crippen LogP contribution in [-0.4, -0.2) is 60.9 Å². The highest BCUT2D eigenvalue weighted by atomic mass is 16.5. The molecular formula is C31H34N2O5. The number of ether oxygens (including phenoxy) is 2. The van der Waals surface area contributed by atoms with Gasteiger partial charge in [0.15, 0.2) is 0 Å². The number of likely N-dealkylation sites (tertiary alicyclic amines) is 1. The molecular weight excluding hydrogens is 480 g/mol. The summed E-state index contributed by atoms with van der Waals surface area (Å²) in [5.74, 6) is 0.107. The number of para-hydroxylation sites is 1. The second-order valence-corrected chi connectivity index (χ2v) is 9.80. The largest absolute Gasteiger partial charge is 0.507 e. The van der Waals surface area contributed by atoms with Gasteiger partial charge in [-0.05, 0) is 87.9 Å². The highest BCUT2D eigenvalue weighted by Crippen LogP contribution is 2.42. The third-order valence-electron chi connectivity index (χ3n) is 6.58. The van der Waals surface area contributed by atoms with E-state index in [1.54, 1.807) is 11.0 Å². The molecule has 1 fully saturated rings. The van der Waals surface area contributed by atoms with E-state index in [1.165, 1.54) is 7.11 Å². The zero-order chi connectivity index (χ0) is 27.4. The van der Waals surface area contributed by atoms with Gasteiger partial charge in [0.1, 0.15) is 23.0 Å². The first-order valence-corrected chi connectivity index (χ1v) is 12.6. The highest BCUT2D eigenvalue weighted by Gasteiger charge is 2.46. The van der Waals surface area contributed by atoms with Crippen LogP contribution in [0.4, 0.5) is 0 Å².